The number of rotatable bonds is 12. The lowest BCUT2D eigenvalue weighted by Gasteiger charge is -2.22. The van der Waals surface area contributed by atoms with E-state index >= 15 is 0 Å². The van der Waals surface area contributed by atoms with Gasteiger partial charge in [-0.15, -0.1) is 0 Å². The maximum absolute atomic E-state index is 10.1. The van der Waals surface area contributed by atoms with E-state index in [2.05, 4.69) is 18.9 Å². The molecule has 0 spiro atoms. The van der Waals surface area contributed by atoms with Crippen LogP contribution in [0.1, 0.15) is 0 Å². The van der Waals surface area contributed by atoms with E-state index in [1.54, 1.807) is 0 Å². The molecule has 0 fully saturated rings. The molecule has 0 saturated heterocycles. The summed E-state index contributed by atoms with van der Waals surface area (Å²) in [4.78, 5) is 40.3. The summed E-state index contributed by atoms with van der Waals surface area (Å²) in [6.07, 6.45) is -2.80. The van der Waals surface area contributed by atoms with Gasteiger partial charge in [-0.1, -0.05) is 0 Å². The molecule has 288 valence electrons. The fourth-order valence-electron chi connectivity index (χ4n) is 1.68. The molecule has 0 atom stereocenters. The summed E-state index contributed by atoms with van der Waals surface area (Å²) in [5.41, 5.74) is 19.0. The van der Waals surface area contributed by atoms with Gasteiger partial charge < -0.3 is 136 Å². The number of halogens is 4. The van der Waals surface area contributed by atoms with Gasteiger partial charge in [-0.2, -0.15) is 0 Å². The van der Waals surface area contributed by atoms with Crippen LogP contribution in [0.15, 0.2) is 0 Å². The van der Waals surface area contributed by atoms with Gasteiger partial charge in [-0.25, -0.2) is 19.2 Å². The molecule has 0 heterocycles. The Labute approximate surface area is 315 Å². The molecule has 0 aliphatic carbocycles. The van der Waals surface area contributed by atoms with Crippen LogP contribution in [0, 0.1) is 0 Å². The quantitative estimate of drug-likeness (QED) is 0.110. The van der Waals surface area contributed by atoms with Crippen LogP contribution < -0.4 is 72.6 Å². The molecule has 0 unspecified atom stereocenters. The number of quaternary nitrogens is 4. The minimum atomic E-state index is -0.701. The third-order valence-electron chi connectivity index (χ3n) is 4.03. The topological polar surface area (TPSA) is 209 Å². The van der Waals surface area contributed by atoms with E-state index in [0.717, 1.165) is 44.1 Å². The molecule has 0 aromatic carbocycles. The zero-order valence-electron chi connectivity index (χ0n) is 29.3. The fourth-order valence-corrected chi connectivity index (χ4v) is 1.68. The molecule has 4 amide bonds. The zero-order chi connectivity index (χ0) is 32.8. The summed E-state index contributed by atoms with van der Waals surface area (Å²) in [7, 11) is 24.2. The summed E-state index contributed by atoms with van der Waals surface area (Å²) in [6.45, 7) is 4.67. The Morgan fingerprint density at radius 3 is 0.543 bits per heavy atom. The Morgan fingerprint density at radius 2 is 0.478 bits per heavy atom. The van der Waals surface area contributed by atoms with Gasteiger partial charge in [0.1, 0.15) is 52.6 Å². The van der Waals surface area contributed by atoms with Crippen molar-refractivity contribution in [1.29, 1.82) is 0 Å². The first kappa shape index (κ1) is 71.0. The van der Waals surface area contributed by atoms with E-state index in [1.165, 1.54) is 0 Å². The number of hydrogen-bond donors (Lipinski definition) is 4. The first-order valence-electron chi connectivity index (χ1n) is 12.6. The number of ether oxygens (including phenoxy) is 4. The van der Waals surface area contributed by atoms with Crippen molar-refractivity contribution < 1.29 is 106 Å². The Bertz CT molecular complexity index is 621. The number of nitrogens with two attached hydrogens (primary N) is 4. The van der Waals surface area contributed by atoms with Crippen molar-refractivity contribution in [3.8, 4) is 0 Å². The lowest BCUT2D eigenvalue weighted by atomic mass is 10.5. The van der Waals surface area contributed by atoms with E-state index in [0.29, 0.717) is 26.4 Å². The van der Waals surface area contributed by atoms with Crippen molar-refractivity contribution in [1.82, 2.24) is 0 Å². The van der Waals surface area contributed by atoms with Crippen LogP contribution in [-0.2, 0) is 45.9 Å². The van der Waals surface area contributed by atoms with Gasteiger partial charge in [0.2, 0.25) is 0 Å². The van der Waals surface area contributed by atoms with Gasteiger partial charge in [-0.3, -0.25) is 0 Å². The van der Waals surface area contributed by atoms with E-state index in [9.17, 15) is 19.2 Å². The van der Waals surface area contributed by atoms with Crippen molar-refractivity contribution in [2.24, 2.45) is 22.9 Å². The highest BCUT2D eigenvalue weighted by Crippen LogP contribution is 1.90. The molecule has 0 aromatic rings. The largest absolute Gasteiger partial charge is 2.00 e. The van der Waals surface area contributed by atoms with Crippen LogP contribution >= 0.6 is 0 Å². The summed E-state index contributed by atoms with van der Waals surface area (Å²) in [5, 5.41) is 0. The van der Waals surface area contributed by atoms with Gasteiger partial charge in [0.15, 0.2) is 0 Å². The second kappa shape index (κ2) is 36.6. The SMILES string of the molecule is C[N+](C)(C)CCOC(N)=O.C[N+](C)(C)CCOC(N)=O.C[N+](C)(C)CCOC(N)=O.C[N+](C)(C)CCOC(N)=O.[Cl-].[Cl-].[Cl-].[Cl-].[S-2].[S-2]. The predicted octanol–water partition coefficient (Wildman–Crippen LogP) is -12.8. The molecule has 0 aliphatic heterocycles. The van der Waals surface area contributed by atoms with Gasteiger partial charge in [0, 0.05) is 0 Å². The van der Waals surface area contributed by atoms with Crippen LogP contribution in [0.25, 0.3) is 0 Å². The average Bonchev–Trinajstić information content (AvgIpc) is 2.64. The number of carbonyl (C=O) groups is 4. The molecular weight excluding hydrogens is 734 g/mol. The van der Waals surface area contributed by atoms with Crippen LogP contribution in [0.4, 0.5) is 19.2 Å². The molecule has 0 saturated carbocycles. The van der Waals surface area contributed by atoms with E-state index in [1.807, 2.05) is 84.6 Å². The lowest BCUT2D eigenvalue weighted by Crippen LogP contribution is -3.00. The highest BCUT2D eigenvalue weighted by atomic mass is 35.5. The monoisotopic (exact) mass is 792 g/mol. The Kier molecular flexibility index (Phi) is 56.5. The van der Waals surface area contributed by atoms with E-state index in [-0.39, 0.29) is 76.6 Å². The molecule has 46 heavy (non-hydrogen) atoms. The van der Waals surface area contributed by atoms with Crippen molar-refractivity contribution in [2.45, 2.75) is 0 Å². The number of hydrogen-bond acceptors (Lipinski definition) is 8. The average molecular weight is 795 g/mol. The second-order valence-electron chi connectivity index (χ2n) is 12.7. The van der Waals surface area contributed by atoms with Crippen molar-refractivity contribution in [2.75, 3.05) is 137 Å². The third kappa shape index (κ3) is 104. The standard InChI is InChI=1S/4C6H14N2O2.4ClH.2S/c4*1-8(2,3)4-5-10-6(7)9;;;;;;/h4*4-5H2,1-3H3,(H-,7,9);4*1H;;/q;;;;;;;;2*-2. The lowest BCUT2D eigenvalue weighted by molar-refractivity contribution is -0.870. The van der Waals surface area contributed by atoms with Gasteiger partial charge >= 0.3 is 24.4 Å². The predicted molar refractivity (Wildman–Crippen MR) is 168 cm³/mol. The Balaban J connectivity index is -0.0000000450. The van der Waals surface area contributed by atoms with Crippen molar-refractivity contribution >= 4 is 51.4 Å². The van der Waals surface area contributed by atoms with Gasteiger partial charge in [0.05, 0.1) is 84.6 Å². The zero-order valence-corrected chi connectivity index (χ0v) is 34.0. The highest BCUT2D eigenvalue weighted by molar-refractivity contribution is 7.37. The summed E-state index contributed by atoms with van der Waals surface area (Å²) in [6, 6.07) is 0. The number of nitrogens with zero attached hydrogens (tertiary/aromatic N) is 4. The molecule has 0 rings (SSSR count). The smallest absolute Gasteiger partial charge is 0.404 e. The third-order valence-corrected chi connectivity index (χ3v) is 4.03. The van der Waals surface area contributed by atoms with Crippen LogP contribution in [-0.4, -0.2) is 179 Å². The molecule has 16 nitrogen and oxygen atoms in total. The maximum Gasteiger partial charge on any atom is 0.404 e. The minimum Gasteiger partial charge on any atom is -2.00 e. The number of likely N-dealkylation sites (N-methyl/N-ethyl adjacent to an activating group) is 4. The Hall–Kier alpha value is -1.22. The Morgan fingerprint density at radius 1 is 0.370 bits per heavy atom. The molecular formula is C24H60Cl4N8O8S2-4. The minimum absolute atomic E-state index is 0. The summed E-state index contributed by atoms with van der Waals surface area (Å²) >= 11 is 0. The highest BCUT2D eigenvalue weighted by Gasteiger charge is 2.09. The molecule has 0 aromatic heterocycles. The summed E-state index contributed by atoms with van der Waals surface area (Å²) in [5.74, 6) is 0. The molecule has 0 bridgehead atoms. The van der Waals surface area contributed by atoms with Crippen molar-refractivity contribution in [3.05, 3.63) is 0 Å². The second-order valence-corrected chi connectivity index (χ2v) is 12.7. The first-order chi connectivity index (χ1) is 17.7. The maximum atomic E-state index is 10.1. The normalized spacial score (nSPS) is 9.65. The van der Waals surface area contributed by atoms with E-state index in [4.69, 9.17) is 22.9 Å². The number of primary amides is 4. The summed E-state index contributed by atoms with van der Waals surface area (Å²) < 4.78 is 21.2. The molecule has 8 N–H and O–H groups in total. The molecule has 22 heteroatoms. The fraction of sp³-hybridized carbons (Fsp3) is 0.833. The van der Waals surface area contributed by atoms with Crippen LogP contribution in [0.2, 0.25) is 0 Å². The number of carbonyl (C=O) groups excluding carboxylic acids is 4. The first-order valence-corrected chi connectivity index (χ1v) is 12.6. The van der Waals surface area contributed by atoms with Gasteiger partial charge in [-0.05, 0) is 0 Å². The van der Waals surface area contributed by atoms with Crippen LogP contribution in [0.3, 0.4) is 0 Å². The van der Waals surface area contributed by atoms with Gasteiger partial charge in [0.25, 0.3) is 0 Å². The van der Waals surface area contributed by atoms with Crippen LogP contribution in [0.5, 0.6) is 0 Å². The van der Waals surface area contributed by atoms with E-state index < -0.39 is 24.4 Å². The van der Waals surface area contributed by atoms with Crippen molar-refractivity contribution in [3.63, 3.8) is 0 Å². The number of amides is 4. The molecule has 0 aliphatic rings. The molecule has 0 radical (unpaired) electrons.